The van der Waals surface area contributed by atoms with Crippen molar-refractivity contribution in [3.63, 3.8) is 0 Å². The summed E-state index contributed by atoms with van der Waals surface area (Å²) in [5.41, 5.74) is 0.885. The molecule has 1 aromatic carbocycles. The molecule has 0 fully saturated rings. The molecule has 17 heavy (non-hydrogen) atoms. The fraction of sp³-hybridized carbons (Fsp3) is 0.0833. The van der Waals surface area contributed by atoms with Gasteiger partial charge >= 0.3 is 10.1 Å². The van der Waals surface area contributed by atoms with Gasteiger partial charge in [-0.15, -0.1) is 0 Å². The highest BCUT2D eigenvalue weighted by molar-refractivity contribution is 8.01. The van der Waals surface area contributed by atoms with Crippen LogP contribution in [0.4, 0.5) is 0 Å². The van der Waals surface area contributed by atoms with Crippen LogP contribution in [0.25, 0.3) is 6.08 Å². The van der Waals surface area contributed by atoms with Gasteiger partial charge in [-0.2, -0.15) is 8.42 Å². The van der Waals surface area contributed by atoms with Crippen LogP contribution in [0.3, 0.4) is 0 Å². The highest BCUT2D eigenvalue weighted by atomic mass is 32.2. The van der Waals surface area contributed by atoms with Crippen molar-refractivity contribution in [3.05, 3.63) is 53.6 Å². The summed E-state index contributed by atoms with van der Waals surface area (Å²) in [6.07, 6.45) is 4.61. The second kappa shape index (κ2) is 5.56. The first-order valence-electron chi connectivity index (χ1n) is 4.83. The average molecular weight is 252 g/mol. The fourth-order valence-corrected chi connectivity index (χ4v) is 1.61. The Morgan fingerprint density at radius 2 is 1.82 bits per heavy atom. The molecule has 0 aliphatic heterocycles. The van der Waals surface area contributed by atoms with Crippen molar-refractivity contribution in [2.75, 3.05) is 0 Å². The van der Waals surface area contributed by atoms with Crippen LogP contribution in [-0.2, 0) is 14.9 Å². The van der Waals surface area contributed by atoms with E-state index in [0.717, 1.165) is 5.56 Å². The van der Waals surface area contributed by atoms with Gasteiger partial charge in [0.15, 0.2) is 0 Å². The lowest BCUT2D eigenvalue weighted by Crippen LogP contribution is -2.13. The maximum absolute atomic E-state index is 11.1. The predicted molar refractivity (Wildman–Crippen MR) is 65.8 cm³/mol. The van der Waals surface area contributed by atoms with E-state index >= 15 is 0 Å². The maximum atomic E-state index is 11.1. The van der Waals surface area contributed by atoms with Gasteiger partial charge in [-0.3, -0.25) is 9.35 Å². The van der Waals surface area contributed by atoms with Gasteiger partial charge in [0.25, 0.3) is 5.12 Å². The Hall–Kier alpha value is -1.72. The average Bonchev–Trinajstić information content (AvgIpc) is 2.28. The summed E-state index contributed by atoms with van der Waals surface area (Å²) < 4.78 is 29.6. The second-order valence-electron chi connectivity index (χ2n) is 3.38. The molecule has 0 radical (unpaired) electrons. The third kappa shape index (κ3) is 4.34. The number of rotatable bonds is 3. The molecule has 1 N–H and O–H groups in total. The van der Waals surface area contributed by atoms with Crippen LogP contribution in [0, 0.1) is 0 Å². The minimum Gasteiger partial charge on any atom is -0.279 e. The van der Waals surface area contributed by atoms with Gasteiger partial charge in [0, 0.05) is 5.57 Å². The number of benzene rings is 1. The summed E-state index contributed by atoms with van der Waals surface area (Å²) in [7, 11) is -4.64. The Bertz CT molecular complexity index is 553. The normalized spacial score (nSPS) is 12.9. The van der Waals surface area contributed by atoms with Gasteiger partial charge in [-0.1, -0.05) is 48.6 Å². The topological polar surface area (TPSA) is 71.4 Å². The largest absolute Gasteiger partial charge is 0.333 e. The van der Waals surface area contributed by atoms with Gasteiger partial charge in [-0.25, -0.2) is 0 Å². The summed E-state index contributed by atoms with van der Waals surface area (Å²) in [6, 6.07) is 9.33. The first kappa shape index (κ1) is 13.3. The second-order valence-corrected chi connectivity index (χ2v) is 4.70. The Morgan fingerprint density at radius 3 is 2.35 bits per heavy atom. The van der Waals surface area contributed by atoms with E-state index in [2.05, 4.69) is 0 Å². The highest BCUT2D eigenvalue weighted by Gasteiger charge is 2.19. The zero-order valence-corrected chi connectivity index (χ0v) is 10.0. The van der Waals surface area contributed by atoms with Crippen molar-refractivity contribution >= 4 is 21.3 Å². The number of allylic oxidation sites excluding steroid dienone is 2. The van der Waals surface area contributed by atoms with Gasteiger partial charge in [0.05, 0.1) is 0 Å². The van der Waals surface area contributed by atoms with Crippen LogP contribution >= 0.6 is 0 Å². The smallest absolute Gasteiger partial charge is 0.279 e. The number of carbonyl (C=O) groups excluding carboxylic acids is 1. The molecule has 0 unspecified atom stereocenters. The quantitative estimate of drug-likeness (QED) is 0.508. The molecule has 0 spiro atoms. The molecule has 0 heterocycles. The molecule has 0 bridgehead atoms. The molecule has 0 saturated heterocycles. The van der Waals surface area contributed by atoms with E-state index in [1.807, 2.05) is 30.3 Å². The van der Waals surface area contributed by atoms with Gasteiger partial charge in [0.1, 0.15) is 0 Å². The van der Waals surface area contributed by atoms with E-state index < -0.39 is 15.2 Å². The molecule has 0 saturated carbocycles. The van der Waals surface area contributed by atoms with Gasteiger partial charge in [0.2, 0.25) is 0 Å². The van der Waals surface area contributed by atoms with Crippen molar-refractivity contribution in [2.45, 2.75) is 6.92 Å². The third-order valence-corrected chi connectivity index (χ3v) is 2.78. The van der Waals surface area contributed by atoms with Crippen molar-refractivity contribution < 1.29 is 17.8 Å². The van der Waals surface area contributed by atoms with Gasteiger partial charge < -0.3 is 0 Å². The van der Waals surface area contributed by atoms with Crippen molar-refractivity contribution in [3.8, 4) is 0 Å². The lowest BCUT2D eigenvalue weighted by Gasteiger charge is -1.94. The van der Waals surface area contributed by atoms with E-state index in [9.17, 15) is 13.2 Å². The summed E-state index contributed by atoms with van der Waals surface area (Å²) in [5.74, 6) is 0. The zero-order chi connectivity index (χ0) is 12.9. The summed E-state index contributed by atoms with van der Waals surface area (Å²) in [5, 5.41) is -1.28. The first-order chi connectivity index (χ1) is 7.91. The van der Waals surface area contributed by atoms with Crippen molar-refractivity contribution in [2.24, 2.45) is 0 Å². The molecule has 0 aromatic heterocycles. The maximum Gasteiger partial charge on any atom is 0.333 e. The van der Waals surface area contributed by atoms with E-state index in [-0.39, 0.29) is 5.57 Å². The minimum atomic E-state index is -4.64. The number of hydrogen-bond acceptors (Lipinski definition) is 3. The monoisotopic (exact) mass is 252 g/mol. The Labute approximate surface area is 100 Å². The van der Waals surface area contributed by atoms with Crippen LogP contribution < -0.4 is 0 Å². The molecule has 0 aliphatic rings. The Morgan fingerprint density at radius 1 is 1.24 bits per heavy atom. The minimum absolute atomic E-state index is 0.0420. The summed E-state index contributed by atoms with van der Waals surface area (Å²) in [6.45, 7) is 1.32. The molecular weight excluding hydrogens is 240 g/mol. The summed E-state index contributed by atoms with van der Waals surface area (Å²) in [4.78, 5) is 11.1. The third-order valence-electron chi connectivity index (χ3n) is 1.99. The van der Waals surface area contributed by atoms with Gasteiger partial charge in [-0.05, 0) is 12.5 Å². The van der Waals surface area contributed by atoms with E-state index in [1.54, 1.807) is 12.2 Å². The number of carbonyl (C=O) groups is 1. The molecule has 5 heteroatoms. The van der Waals surface area contributed by atoms with E-state index in [1.165, 1.54) is 13.0 Å². The standard InChI is InChI=1S/C12H12O4S/c1-10(12(13)17(14,15)16)6-5-9-11-7-3-2-4-8-11/h2-9H,1H3,(H,14,15,16). The van der Waals surface area contributed by atoms with Crippen LogP contribution in [0.2, 0.25) is 0 Å². The molecule has 0 amide bonds. The van der Waals surface area contributed by atoms with Crippen molar-refractivity contribution in [1.29, 1.82) is 0 Å². The van der Waals surface area contributed by atoms with Crippen LogP contribution in [0.15, 0.2) is 48.1 Å². The zero-order valence-electron chi connectivity index (χ0n) is 9.20. The number of hydrogen-bond donors (Lipinski definition) is 1. The molecular formula is C12H12O4S. The first-order valence-corrected chi connectivity index (χ1v) is 6.27. The van der Waals surface area contributed by atoms with Crippen LogP contribution in [-0.4, -0.2) is 18.1 Å². The molecule has 0 aliphatic carbocycles. The van der Waals surface area contributed by atoms with Crippen LogP contribution in [0.1, 0.15) is 12.5 Å². The van der Waals surface area contributed by atoms with E-state index in [4.69, 9.17) is 4.55 Å². The van der Waals surface area contributed by atoms with E-state index in [0.29, 0.717) is 0 Å². The predicted octanol–water partition coefficient (Wildman–Crippen LogP) is 2.06. The molecule has 1 rings (SSSR count). The molecule has 1 aromatic rings. The molecule has 4 nitrogen and oxygen atoms in total. The van der Waals surface area contributed by atoms with Crippen molar-refractivity contribution in [1.82, 2.24) is 0 Å². The summed E-state index contributed by atoms with van der Waals surface area (Å²) >= 11 is 0. The fourth-order valence-electron chi connectivity index (χ4n) is 1.14. The molecule has 90 valence electrons. The lowest BCUT2D eigenvalue weighted by molar-refractivity contribution is -0.109. The molecule has 0 atom stereocenters. The Balaban J connectivity index is 2.79. The lowest BCUT2D eigenvalue weighted by atomic mass is 10.2. The Kier molecular flexibility index (Phi) is 4.37. The SMILES string of the molecule is CC(=CC=Cc1ccccc1)C(=O)S(=O)(=O)O. The highest BCUT2D eigenvalue weighted by Crippen LogP contribution is 2.04. The van der Waals surface area contributed by atoms with Crippen LogP contribution in [0.5, 0.6) is 0 Å².